The molecule has 0 fully saturated rings. The first-order chi connectivity index (χ1) is 26.2. The van der Waals surface area contributed by atoms with Crippen LogP contribution in [0.25, 0.3) is 0 Å². The normalized spacial score (nSPS) is 10.6. The highest BCUT2D eigenvalue weighted by atomic mass is 16.5. The van der Waals surface area contributed by atoms with Crippen molar-refractivity contribution in [1.82, 2.24) is 0 Å². The molecule has 0 aromatic heterocycles. The fourth-order valence-corrected chi connectivity index (χ4v) is 5.06. The van der Waals surface area contributed by atoms with Gasteiger partial charge in [0.1, 0.15) is 28.7 Å². The third kappa shape index (κ3) is 13.9. The van der Waals surface area contributed by atoms with E-state index in [0.29, 0.717) is 53.8 Å². The average Bonchev–Trinajstić information content (AvgIpc) is 3.18. The van der Waals surface area contributed by atoms with Gasteiger partial charge in [-0.25, -0.2) is 19.2 Å². The minimum Gasteiger partial charge on any atom is -0.494 e. The molecule has 0 amide bonds. The summed E-state index contributed by atoms with van der Waals surface area (Å²) in [4.78, 5) is 49.3. The molecular weight excluding hydrogens is 692 g/mol. The molecule has 54 heavy (non-hydrogen) atoms. The summed E-state index contributed by atoms with van der Waals surface area (Å²) >= 11 is 0. The molecule has 284 valence electrons. The lowest BCUT2D eigenvalue weighted by molar-refractivity contribution is -0.137. The van der Waals surface area contributed by atoms with E-state index in [2.05, 4.69) is 6.58 Å². The number of esters is 4. The topological polar surface area (TPSA) is 144 Å². The van der Waals surface area contributed by atoms with Gasteiger partial charge in [-0.05, 0) is 148 Å². The first-order valence-electron chi connectivity index (χ1n) is 18.0. The Kier molecular flexibility index (Phi) is 16.8. The van der Waals surface area contributed by atoms with Crippen LogP contribution in [-0.4, -0.2) is 55.4 Å². The molecule has 0 atom stereocenters. The number of rotatable bonds is 22. The number of carbonyl (C=O) groups is 4. The van der Waals surface area contributed by atoms with Crippen molar-refractivity contribution in [2.24, 2.45) is 0 Å². The summed E-state index contributed by atoms with van der Waals surface area (Å²) in [5.74, 6) is 0.00411. The second kappa shape index (κ2) is 22.2. The van der Waals surface area contributed by atoms with Crippen LogP contribution >= 0.6 is 0 Å². The number of benzene rings is 4. The van der Waals surface area contributed by atoms with Crippen LogP contribution in [0, 0.1) is 6.92 Å². The van der Waals surface area contributed by atoms with Gasteiger partial charge in [0.05, 0.1) is 36.5 Å². The molecule has 0 heterocycles. The Hall–Kier alpha value is -5.94. The Labute approximate surface area is 315 Å². The molecule has 0 aliphatic heterocycles. The lowest BCUT2D eigenvalue weighted by Crippen LogP contribution is -2.11. The van der Waals surface area contributed by atoms with Gasteiger partial charge in [-0.1, -0.05) is 13.0 Å². The Balaban J connectivity index is 1.18. The molecule has 4 aromatic rings. The highest BCUT2D eigenvalue weighted by molar-refractivity contribution is 5.93. The minimum absolute atomic E-state index is 0.202. The summed E-state index contributed by atoms with van der Waals surface area (Å²) in [6.45, 7) is 6.75. The first-order valence-corrected chi connectivity index (χ1v) is 18.0. The van der Waals surface area contributed by atoms with Gasteiger partial charge >= 0.3 is 23.9 Å². The Bertz CT molecular complexity index is 1810. The maximum atomic E-state index is 12.9. The standard InChI is InChI=1S/C43H46O11/c1-3-40(45)51-29-11-7-6-10-28-50-36-20-14-33(15-21-36)42(47)53-38-24-25-39(31(2)30-38)54-43(48)34-16-22-37(23-17-34)52-41(46)32-12-18-35(19-13-32)49-27-9-5-4-8-26-44/h3,12-25,30,44H,1,4-11,26-29H2,2H3. The Morgan fingerprint density at radius 2 is 0.963 bits per heavy atom. The monoisotopic (exact) mass is 738 g/mol. The van der Waals surface area contributed by atoms with E-state index in [9.17, 15) is 19.2 Å². The second-order valence-electron chi connectivity index (χ2n) is 12.3. The summed E-state index contributed by atoms with van der Waals surface area (Å²) in [6.07, 6.45) is 8.24. The van der Waals surface area contributed by atoms with Crippen molar-refractivity contribution in [3.63, 3.8) is 0 Å². The molecular formula is C43H46O11. The van der Waals surface area contributed by atoms with Crippen molar-refractivity contribution in [2.45, 2.75) is 58.3 Å². The maximum absolute atomic E-state index is 12.9. The van der Waals surface area contributed by atoms with Crippen molar-refractivity contribution in [3.8, 4) is 28.7 Å². The van der Waals surface area contributed by atoms with Gasteiger partial charge in [-0.2, -0.15) is 0 Å². The molecule has 0 saturated carbocycles. The molecule has 11 nitrogen and oxygen atoms in total. The number of ether oxygens (including phenoxy) is 6. The predicted molar refractivity (Wildman–Crippen MR) is 202 cm³/mol. The van der Waals surface area contributed by atoms with Crippen LogP contribution in [0.3, 0.4) is 0 Å². The third-order valence-corrected chi connectivity index (χ3v) is 8.08. The smallest absolute Gasteiger partial charge is 0.343 e. The molecule has 0 aliphatic carbocycles. The molecule has 0 saturated heterocycles. The van der Waals surface area contributed by atoms with E-state index in [-0.39, 0.29) is 23.7 Å². The summed E-state index contributed by atoms with van der Waals surface area (Å²) in [7, 11) is 0. The summed E-state index contributed by atoms with van der Waals surface area (Å²) in [6, 6.07) is 24.0. The van der Waals surface area contributed by atoms with E-state index < -0.39 is 23.9 Å². The van der Waals surface area contributed by atoms with Gasteiger partial charge in [-0.15, -0.1) is 0 Å². The zero-order valence-corrected chi connectivity index (χ0v) is 30.5. The van der Waals surface area contributed by atoms with Crippen molar-refractivity contribution in [2.75, 3.05) is 26.4 Å². The molecule has 0 bridgehead atoms. The van der Waals surface area contributed by atoms with E-state index in [4.69, 9.17) is 33.5 Å². The van der Waals surface area contributed by atoms with Gasteiger partial charge in [0.25, 0.3) is 0 Å². The minimum atomic E-state index is -0.612. The predicted octanol–water partition coefficient (Wildman–Crippen LogP) is 8.25. The van der Waals surface area contributed by atoms with Crippen LogP contribution in [0.5, 0.6) is 28.7 Å². The van der Waals surface area contributed by atoms with Crippen LogP contribution in [0.4, 0.5) is 0 Å². The summed E-state index contributed by atoms with van der Waals surface area (Å²) < 4.78 is 33.0. The highest BCUT2D eigenvalue weighted by Crippen LogP contribution is 2.26. The number of carbonyl (C=O) groups excluding carboxylic acids is 4. The number of aliphatic hydroxyl groups excluding tert-OH is 1. The summed E-state index contributed by atoms with van der Waals surface area (Å²) in [5, 5.41) is 8.84. The Morgan fingerprint density at radius 3 is 1.44 bits per heavy atom. The van der Waals surface area contributed by atoms with E-state index in [0.717, 1.165) is 57.4 Å². The fraction of sp³-hybridized carbons (Fsp3) is 0.302. The van der Waals surface area contributed by atoms with Gasteiger partial charge in [0.15, 0.2) is 0 Å². The number of hydrogen-bond acceptors (Lipinski definition) is 11. The first kappa shape index (κ1) is 40.8. The molecule has 4 aromatic carbocycles. The molecule has 11 heteroatoms. The van der Waals surface area contributed by atoms with E-state index in [1.165, 1.54) is 30.3 Å². The van der Waals surface area contributed by atoms with Crippen molar-refractivity contribution in [1.29, 1.82) is 0 Å². The van der Waals surface area contributed by atoms with Crippen LogP contribution in [0.15, 0.2) is 104 Å². The average molecular weight is 739 g/mol. The molecule has 0 spiro atoms. The van der Waals surface area contributed by atoms with Crippen LogP contribution in [0.2, 0.25) is 0 Å². The van der Waals surface area contributed by atoms with Crippen molar-refractivity contribution >= 4 is 23.9 Å². The number of aryl methyl sites for hydroxylation is 1. The highest BCUT2D eigenvalue weighted by Gasteiger charge is 2.15. The zero-order valence-electron chi connectivity index (χ0n) is 30.5. The molecule has 0 aliphatic rings. The van der Waals surface area contributed by atoms with Gasteiger partial charge in [-0.3, -0.25) is 0 Å². The maximum Gasteiger partial charge on any atom is 0.343 e. The van der Waals surface area contributed by atoms with E-state index in [1.807, 2.05) is 0 Å². The fourth-order valence-electron chi connectivity index (χ4n) is 5.06. The van der Waals surface area contributed by atoms with Crippen LogP contribution in [0.1, 0.15) is 88.0 Å². The number of unbranched alkanes of at least 4 members (excludes halogenated alkanes) is 6. The quantitative estimate of drug-likeness (QED) is 0.0360. The van der Waals surface area contributed by atoms with Crippen LogP contribution in [-0.2, 0) is 9.53 Å². The zero-order chi connectivity index (χ0) is 38.5. The van der Waals surface area contributed by atoms with E-state index >= 15 is 0 Å². The molecule has 0 radical (unpaired) electrons. The lowest BCUT2D eigenvalue weighted by Gasteiger charge is -2.11. The molecule has 4 rings (SSSR count). The third-order valence-electron chi connectivity index (χ3n) is 8.08. The SMILES string of the molecule is C=CC(=O)OCCCCCCOc1ccc(C(=O)Oc2ccc(OC(=O)c3ccc(OC(=O)c4ccc(OCCCCCCO)cc4)cc3)c(C)c2)cc1. The van der Waals surface area contributed by atoms with Crippen molar-refractivity contribution < 1.29 is 52.7 Å². The van der Waals surface area contributed by atoms with Crippen LogP contribution < -0.4 is 23.7 Å². The lowest BCUT2D eigenvalue weighted by atomic mass is 10.2. The van der Waals surface area contributed by atoms with Gasteiger partial charge in [0.2, 0.25) is 0 Å². The Morgan fingerprint density at radius 1 is 0.537 bits per heavy atom. The van der Waals surface area contributed by atoms with E-state index in [1.54, 1.807) is 67.6 Å². The second-order valence-corrected chi connectivity index (χ2v) is 12.3. The van der Waals surface area contributed by atoms with Crippen molar-refractivity contribution in [3.05, 3.63) is 126 Å². The number of aliphatic hydroxyl groups is 1. The summed E-state index contributed by atoms with van der Waals surface area (Å²) in [5.41, 5.74) is 1.52. The molecule has 0 unspecified atom stereocenters. The number of hydrogen-bond donors (Lipinski definition) is 1. The molecule has 1 N–H and O–H groups in total. The largest absolute Gasteiger partial charge is 0.494 e. The van der Waals surface area contributed by atoms with Gasteiger partial charge in [0, 0.05) is 12.7 Å². The van der Waals surface area contributed by atoms with Gasteiger partial charge < -0.3 is 33.5 Å².